The smallest absolute Gasteiger partial charge is 0.0827 e. The van der Waals surface area contributed by atoms with Gasteiger partial charge in [-0.15, -0.1) is 5.10 Å². The number of rotatable bonds is 9. The minimum Gasteiger partial charge on any atom is -0.373 e. The summed E-state index contributed by atoms with van der Waals surface area (Å²) in [7, 11) is 0. The van der Waals surface area contributed by atoms with E-state index in [-0.39, 0.29) is 0 Å². The fourth-order valence-corrected chi connectivity index (χ4v) is 3.03. The van der Waals surface area contributed by atoms with E-state index in [0.29, 0.717) is 12.5 Å². The Balaban J connectivity index is 1.63. The molecule has 1 aliphatic rings. The first-order valence-electron chi connectivity index (χ1n) is 9.81. The zero-order valence-corrected chi connectivity index (χ0v) is 16.5. The molecule has 0 bridgehead atoms. The Morgan fingerprint density at radius 3 is 2.73 bits per heavy atom. The molecule has 0 amide bonds. The highest BCUT2D eigenvalue weighted by molar-refractivity contribution is 5.04. The van der Waals surface area contributed by atoms with Crippen molar-refractivity contribution in [3.8, 4) is 11.8 Å². The van der Waals surface area contributed by atoms with Gasteiger partial charge in [0.15, 0.2) is 0 Å². The van der Waals surface area contributed by atoms with Crippen LogP contribution in [0.15, 0.2) is 18.5 Å². The summed E-state index contributed by atoms with van der Waals surface area (Å²) in [4.78, 5) is 4.85. The van der Waals surface area contributed by atoms with Gasteiger partial charge in [-0.2, -0.15) is 0 Å². The van der Waals surface area contributed by atoms with Gasteiger partial charge in [0.2, 0.25) is 0 Å². The standard InChI is InChI=1S/C20H34N6/c1-18(2)7-5-11-24-13-15-25(16-14-24)19(3)8-6-12-26-17-20(22-23-26)9-4-10-21/h17-18H,3-4,6,8-16,21H2,1-2H3. The van der Waals surface area contributed by atoms with Crippen LogP contribution in [0.4, 0.5) is 0 Å². The summed E-state index contributed by atoms with van der Waals surface area (Å²) < 4.78 is 1.93. The number of nitrogens with zero attached hydrogens (tertiary/aromatic N) is 5. The first-order chi connectivity index (χ1) is 12.6. The molecule has 2 N–H and O–H groups in total. The topological polar surface area (TPSA) is 63.2 Å². The molecule has 1 aromatic rings. The summed E-state index contributed by atoms with van der Waals surface area (Å²) in [6, 6.07) is 0. The molecule has 2 heterocycles. The lowest BCUT2D eigenvalue weighted by atomic mass is 10.2. The fourth-order valence-electron chi connectivity index (χ4n) is 3.03. The van der Waals surface area contributed by atoms with Gasteiger partial charge in [-0.25, -0.2) is 0 Å². The highest BCUT2D eigenvalue weighted by Gasteiger charge is 2.16. The highest BCUT2D eigenvalue weighted by atomic mass is 15.4. The summed E-state index contributed by atoms with van der Waals surface area (Å²) in [5.74, 6) is 6.98. The third-order valence-corrected chi connectivity index (χ3v) is 4.59. The molecule has 6 heteroatoms. The molecular formula is C20H34N6. The van der Waals surface area contributed by atoms with E-state index in [4.69, 9.17) is 5.73 Å². The third-order valence-electron chi connectivity index (χ3n) is 4.59. The Morgan fingerprint density at radius 2 is 2.04 bits per heavy atom. The number of piperazine rings is 1. The molecular weight excluding hydrogens is 324 g/mol. The van der Waals surface area contributed by atoms with E-state index in [1.165, 1.54) is 5.70 Å². The van der Waals surface area contributed by atoms with Crippen LogP contribution in [0.1, 0.15) is 38.8 Å². The molecule has 0 spiro atoms. The second-order valence-electron chi connectivity index (χ2n) is 7.27. The van der Waals surface area contributed by atoms with Crippen molar-refractivity contribution in [2.45, 2.75) is 46.1 Å². The summed E-state index contributed by atoms with van der Waals surface area (Å²) in [6.07, 6.45) is 5.96. The lowest BCUT2D eigenvalue weighted by molar-refractivity contribution is 0.170. The lowest BCUT2D eigenvalue weighted by Gasteiger charge is -2.36. The molecule has 1 aliphatic heterocycles. The number of aromatic nitrogens is 3. The first kappa shape index (κ1) is 20.5. The lowest BCUT2D eigenvalue weighted by Crippen LogP contribution is -2.45. The zero-order chi connectivity index (χ0) is 18.8. The van der Waals surface area contributed by atoms with E-state index in [2.05, 4.69) is 52.4 Å². The van der Waals surface area contributed by atoms with E-state index in [0.717, 1.165) is 70.6 Å². The molecule has 144 valence electrons. The van der Waals surface area contributed by atoms with Crippen LogP contribution in [0.3, 0.4) is 0 Å². The maximum Gasteiger partial charge on any atom is 0.0827 e. The Morgan fingerprint density at radius 1 is 1.27 bits per heavy atom. The van der Waals surface area contributed by atoms with Gasteiger partial charge >= 0.3 is 0 Å². The van der Waals surface area contributed by atoms with Crippen molar-refractivity contribution in [1.29, 1.82) is 0 Å². The molecule has 1 fully saturated rings. The number of allylic oxidation sites excluding steroid dienone is 1. The second kappa shape index (κ2) is 11.0. The molecule has 1 aromatic heterocycles. The average molecular weight is 359 g/mol. The molecule has 0 aromatic carbocycles. The zero-order valence-electron chi connectivity index (χ0n) is 16.5. The first-order valence-corrected chi connectivity index (χ1v) is 9.81. The SMILES string of the molecule is C=C(CCCn1cc(CCCN)nn1)N1CCN(CC#CC(C)C)CC1. The van der Waals surface area contributed by atoms with Crippen molar-refractivity contribution in [3.63, 3.8) is 0 Å². The number of aryl methyl sites for hydroxylation is 2. The molecule has 6 nitrogen and oxygen atoms in total. The summed E-state index contributed by atoms with van der Waals surface area (Å²) >= 11 is 0. The van der Waals surface area contributed by atoms with E-state index in [9.17, 15) is 0 Å². The van der Waals surface area contributed by atoms with Gasteiger partial charge in [0.1, 0.15) is 0 Å². The van der Waals surface area contributed by atoms with Crippen LogP contribution in [-0.4, -0.2) is 64.1 Å². The molecule has 0 saturated carbocycles. The van der Waals surface area contributed by atoms with Gasteiger partial charge in [-0.1, -0.05) is 37.5 Å². The van der Waals surface area contributed by atoms with Crippen LogP contribution >= 0.6 is 0 Å². The molecule has 2 rings (SSSR count). The van der Waals surface area contributed by atoms with Crippen molar-refractivity contribution >= 4 is 0 Å². The highest BCUT2D eigenvalue weighted by Crippen LogP contribution is 2.13. The maximum absolute atomic E-state index is 5.53. The Bertz CT molecular complexity index is 601. The van der Waals surface area contributed by atoms with Crippen molar-refractivity contribution in [3.05, 3.63) is 24.2 Å². The van der Waals surface area contributed by atoms with E-state index in [1.54, 1.807) is 0 Å². The Kier molecular flexibility index (Phi) is 8.66. The van der Waals surface area contributed by atoms with Crippen LogP contribution < -0.4 is 5.73 Å². The van der Waals surface area contributed by atoms with Gasteiger partial charge in [0, 0.05) is 50.5 Å². The van der Waals surface area contributed by atoms with Crippen LogP contribution in [0.5, 0.6) is 0 Å². The molecule has 0 atom stereocenters. The van der Waals surface area contributed by atoms with E-state index < -0.39 is 0 Å². The summed E-state index contributed by atoms with van der Waals surface area (Å²) in [6.45, 7) is 15.3. The van der Waals surface area contributed by atoms with Crippen molar-refractivity contribution in [2.24, 2.45) is 11.7 Å². The van der Waals surface area contributed by atoms with Crippen molar-refractivity contribution in [1.82, 2.24) is 24.8 Å². The van der Waals surface area contributed by atoms with Gasteiger partial charge in [0.05, 0.1) is 12.2 Å². The predicted octanol–water partition coefficient (Wildman–Crippen LogP) is 1.74. The van der Waals surface area contributed by atoms with Gasteiger partial charge < -0.3 is 10.6 Å². The van der Waals surface area contributed by atoms with Gasteiger partial charge in [0.25, 0.3) is 0 Å². The number of nitrogens with two attached hydrogens (primary N) is 1. The Labute approximate surface area is 158 Å². The Hall–Kier alpha value is -1.84. The molecule has 1 saturated heterocycles. The number of hydrogen-bond acceptors (Lipinski definition) is 5. The van der Waals surface area contributed by atoms with E-state index in [1.807, 2.05) is 10.9 Å². The third kappa shape index (κ3) is 7.19. The average Bonchev–Trinajstić information content (AvgIpc) is 3.08. The minimum absolute atomic E-state index is 0.456. The molecule has 0 unspecified atom stereocenters. The van der Waals surface area contributed by atoms with Crippen LogP contribution in [0.2, 0.25) is 0 Å². The summed E-state index contributed by atoms with van der Waals surface area (Å²) in [5.41, 5.74) is 7.80. The normalized spacial score (nSPS) is 15.2. The number of hydrogen-bond donors (Lipinski definition) is 1. The van der Waals surface area contributed by atoms with E-state index >= 15 is 0 Å². The molecule has 26 heavy (non-hydrogen) atoms. The largest absolute Gasteiger partial charge is 0.373 e. The van der Waals surface area contributed by atoms with Gasteiger partial charge in [-0.3, -0.25) is 9.58 Å². The predicted molar refractivity (Wildman–Crippen MR) is 106 cm³/mol. The molecule has 0 radical (unpaired) electrons. The maximum atomic E-state index is 5.53. The fraction of sp³-hybridized carbons (Fsp3) is 0.700. The van der Waals surface area contributed by atoms with Crippen LogP contribution in [0, 0.1) is 17.8 Å². The second-order valence-corrected chi connectivity index (χ2v) is 7.27. The quantitative estimate of drug-likeness (QED) is 0.681. The van der Waals surface area contributed by atoms with Crippen molar-refractivity contribution in [2.75, 3.05) is 39.3 Å². The van der Waals surface area contributed by atoms with Crippen molar-refractivity contribution < 1.29 is 0 Å². The molecule has 0 aliphatic carbocycles. The monoisotopic (exact) mass is 358 g/mol. The van der Waals surface area contributed by atoms with Gasteiger partial charge in [-0.05, 0) is 32.2 Å². The van der Waals surface area contributed by atoms with Crippen LogP contribution in [-0.2, 0) is 13.0 Å². The summed E-state index contributed by atoms with van der Waals surface area (Å²) in [5, 5.41) is 8.39. The van der Waals surface area contributed by atoms with Crippen LogP contribution in [0.25, 0.3) is 0 Å². The minimum atomic E-state index is 0.456.